The maximum absolute atomic E-state index is 11.1. The second-order valence-corrected chi connectivity index (χ2v) is 4.77. The summed E-state index contributed by atoms with van der Waals surface area (Å²) in [5.41, 5.74) is 5.71. The van der Waals surface area contributed by atoms with Crippen molar-refractivity contribution in [2.24, 2.45) is 0 Å². The average molecular weight is 245 g/mol. The first kappa shape index (κ1) is 12.8. The van der Waals surface area contributed by atoms with Crippen LogP contribution in [0, 0.1) is 0 Å². The van der Waals surface area contributed by atoms with E-state index in [-0.39, 0.29) is 16.3 Å². The molecule has 3 N–H and O–H groups in total. The second-order valence-electron chi connectivity index (χ2n) is 3.38. The summed E-state index contributed by atoms with van der Waals surface area (Å²) < 4.78 is 36.4. The minimum absolute atomic E-state index is 0.130. The number of hydrogen-bond donors (Lipinski definition) is 2. The van der Waals surface area contributed by atoms with Crippen LogP contribution in [0.25, 0.3) is 0 Å². The van der Waals surface area contributed by atoms with Gasteiger partial charge in [0.15, 0.2) is 0 Å². The molecular weight excluding hydrogens is 230 g/mol. The molecule has 0 fully saturated rings. The summed E-state index contributed by atoms with van der Waals surface area (Å²) in [7, 11) is -4.30. The molecule has 0 radical (unpaired) electrons. The van der Waals surface area contributed by atoms with Gasteiger partial charge in [0.1, 0.15) is 10.6 Å². The third-order valence-corrected chi connectivity index (χ3v) is 2.88. The Morgan fingerprint density at radius 1 is 1.44 bits per heavy atom. The first-order valence-electron chi connectivity index (χ1n) is 4.95. The van der Waals surface area contributed by atoms with Gasteiger partial charge in [-0.05, 0) is 24.6 Å². The monoisotopic (exact) mass is 245 g/mol. The molecule has 0 spiro atoms. The Kier molecular flexibility index (Phi) is 4.14. The SMILES string of the molecule is CCCCOc1ccc(N)cc1S(=O)(=O)O. The third kappa shape index (κ3) is 3.39. The molecule has 1 aromatic carbocycles. The van der Waals surface area contributed by atoms with Crippen molar-refractivity contribution in [1.82, 2.24) is 0 Å². The zero-order valence-corrected chi connectivity index (χ0v) is 9.83. The van der Waals surface area contributed by atoms with E-state index in [0.29, 0.717) is 6.61 Å². The second kappa shape index (κ2) is 5.18. The molecule has 0 aromatic heterocycles. The van der Waals surface area contributed by atoms with Gasteiger partial charge in [0.2, 0.25) is 0 Å². The fraction of sp³-hybridized carbons (Fsp3) is 0.400. The van der Waals surface area contributed by atoms with Crippen LogP contribution in [0.2, 0.25) is 0 Å². The van der Waals surface area contributed by atoms with Crippen LogP contribution in [0.15, 0.2) is 23.1 Å². The van der Waals surface area contributed by atoms with Crippen LogP contribution >= 0.6 is 0 Å². The lowest BCUT2D eigenvalue weighted by Gasteiger charge is -2.09. The first-order chi connectivity index (χ1) is 7.45. The summed E-state index contributed by atoms with van der Waals surface area (Å²) in [6, 6.07) is 4.14. The average Bonchev–Trinajstić information content (AvgIpc) is 2.19. The Labute approximate surface area is 95.0 Å². The zero-order chi connectivity index (χ0) is 12.2. The summed E-state index contributed by atoms with van der Waals surface area (Å²) in [6.07, 6.45) is 1.76. The van der Waals surface area contributed by atoms with Gasteiger partial charge in [-0.2, -0.15) is 8.42 Å². The van der Waals surface area contributed by atoms with Crippen molar-refractivity contribution in [1.29, 1.82) is 0 Å². The standard InChI is InChI=1S/C10H15NO4S/c1-2-3-6-15-9-5-4-8(11)7-10(9)16(12,13)14/h4-5,7H,2-3,6,11H2,1H3,(H,12,13,14). The smallest absolute Gasteiger partial charge is 0.298 e. The van der Waals surface area contributed by atoms with Crippen LogP contribution in [0.3, 0.4) is 0 Å². The number of nitrogens with two attached hydrogens (primary N) is 1. The van der Waals surface area contributed by atoms with Crippen LogP contribution in [0.4, 0.5) is 5.69 Å². The molecule has 0 atom stereocenters. The first-order valence-corrected chi connectivity index (χ1v) is 6.39. The van der Waals surface area contributed by atoms with E-state index in [1.54, 1.807) is 0 Å². The minimum atomic E-state index is -4.30. The molecular formula is C10H15NO4S. The molecule has 0 heterocycles. The summed E-state index contributed by atoms with van der Waals surface area (Å²) in [4.78, 5) is -0.288. The van der Waals surface area contributed by atoms with E-state index in [4.69, 9.17) is 15.0 Å². The normalized spacial score (nSPS) is 11.4. The van der Waals surface area contributed by atoms with E-state index in [1.807, 2.05) is 6.92 Å². The molecule has 0 aliphatic rings. The topological polar surface area (TPSA) is 89.6 Å². The van der Waals surface area contributed by atoms with E-state index in [2.05, 4.69) is 0 Å². The van der Waals surface area contributed by atoms with Gasteiger partial charge in [-0.15, -0.1) is 0 Å². The molecule has 0 aliphatic carbocycles. The van der Waals surface area contributed by atoms with Gasteiger partial charge in [-0.3, -0.25) is 4.55 Å². The number of nitrogen functional groups attached to an aromatic ring is 1. The third-order valence-electron chi connectivity index (χ3n) is 2.00. The molecule has 0 saturated carbocycles. The van der Waals surface area contributed by atoms with Crippen LogP contribution < -0.4 is 10.5 Å². The highest BCUT2D eigenvalue weighted by Gasteiger charge is 2.16. The highest BCUT2D eigenvalue weighted by atomic mass is 32.2. The largest absolute Gasteiger partial charge is 0.492 e. The van der Waals surface area contributed by atoms with Gasteiger partial charge in [-0.1, -0.05) is 13.3 Å². The van der Waals surface area contributed by atoms with E-state index < -0.39 is 10.1 Å². The fourth-order valence-electron chi connectivity index (χ4n) is 1.17. The molecule has 5 nitrogen and oxygen atoms in total. The Morgan fingerprint density at radius 2 is 2.12 bits per heavy atom. The highest BCUT2D eigenvalue weighted by Crippen LogP contribution is 2.26. The van der Waals surface area contributed by atoms with E-state index in [1.165, 1.54) is 18.2 Å². The molecule has 6 heteroatoms. The lowest BCUT2D eigenvalue weighted by Crippen LogP contribution is -2.05. The van der Waals surface area contributed by atoms with Gasteiger partial charge < -0.3 is 10.5 Å². The van der Waals surface area contributed by atoms with Crippen molar-refractivity contribution in [3.8, 4) is 5.75 Å². The zero-order valence-electron chi connectivity index (χ0n) is 9.01. The predicted molar refractivity (Wildman–Crippen MR) is 61.1 cm³/mol. The molecule has 1 rings (SSSR count). The Morgan fingerprint density at radius 3 is 2.69 bits per heavy atom. The number of benzene rings is 1. The molecule has 0 amide bonds. The number of ether oxygens (including phenoxy) is 1. The Bertz CT molecular complexity index is 456. The van der Waals surface area contributed by atoms with Crippen LogP contribution in [0.1, 0.15) is 19.8 Å². The maximum atomic E-state index is 11.1. The van der Waals surface area contributed by atoms with Crippen molar-refractivity contribution in [3.05, 3.63) is 18.2 Å². The fourth-order valence-corrected chi connectivity index (χ4v) is 1.84. The lowest BCUT2D eigenvalue weighted by atomic mass is 10.3. The van der Waals surface area contributed by atoms with Crippen molar-refractivity contribution >= 4 is 15.8 Å². The molecule has 0 unspecified atom stereocenters. The lowest BCUT2D eigenvalue weighted by molar-refractivity contribution is 0.300. The van der Waals surface area contributed by atoms with Gasteiger partial charge in [0.05, 0.1) is 6.61 Å². The molecule has 1 aromatic rings. The van der Waals surface area contributed by atoms with Crippen LogP contribution in [0.5, 0.6) is 5.75 Å². The van der Waals surface area contributed by atoms with Gasteiger partial charge in [-0.25, -0.2) is 0 Å². The highest BCUT2D eigenvalue weighted by molar-refractivity contribution is 7.86. The predicted octanol–water partition coefficient (Wildman–Crippen LogP) is 1.69. The van der Waals surface area contributed by atoms with Crippen LogP contribution in [-0.2, 0) is 10.1 Å². The summed E-state index contributed by atoms with van der Waals surface area (Å²) in [6.45, 7) is 2.40. The molecule has 0 aliphatic heterocycles. The molecule has 0 bridgehead atoms. The summed E-state index contributed by atoms with van der Waals surface area (Å²) >= 11 is 0. The maximum Gasteiger partial charge on any atom is 0.298 e. The Hall–Kier alpha value is -1.27. The van der Waals surface area contributed by atoms with Crippen molar-refractivity contribution < 1.29 is 17.7 Å². The number of hydrogen-bond acceptors (Lipinski definition) is 4. The van der Waals surface area contributed by atoms with E-state index in [0.717, 1.165) is 12.8 Å². The minimum Gasteiger partial charge on any atom is -0.492 e. The molecule has 0 saturated heterocycles. The quantitative estimate of drug-likeness (QED) is 0.468. The van der Waals surface area contributed by atoms with Crippen molar-refractivity contribution in [2.45, 2.75) is 24.7 Å². The van der Waals surface area contributed by atoms with Gasteiger partial charge in [0.25, 0.3) is 10.1 Å². The Balaban J connectivity index is 2.99. The summed E-state index contributed by atoms with van der Waals surface area (Å²) in [5.74, 6) is 0.130. The number of unbranched alkanes of at least 4 members (excludes halogenated alkanes) is 1. The number of rotatable bonds is 5. The summed E-state index contributed by atoms with van der Waals surface area (Å²) in [5, 5.41) is 0. The van der Waals surface area contributed by atoms with Crippen molar-refractivity contribution in [2.75, 3.05) is 12.3 Å². The number of anilines is 1. The molecule has 16 heavy (non-hydrogen) atoms. The van der Waals surface area contributed by atoms with E-state index >= 15 is 0 Å². The van der Waals surface area contributed by atoms with Gasteiger partial charge >= 0.3 is 0 Å². The van der Waals surface area contributed by atoms with Crippen LogP contribution in [-0.4, -0.2) is 19.6 Å². The molecule has 90 valence electrons. The van der Waals surface area contributed by atoms with Crippen molar-refractivity contribution in [3.63, 3.8) is 0 Å². The van der Waals surface area contributed by atoms with E-state index in [9.17, 15) is 8.42 Å². The van der Waals surface area contributed by atoms with Gasteiger partial charge in [0, 0.05) is 5.69 Å².